The third kappa shape index (κ3) is 3.10. The molecule has 0 N–H and O–H groups in total. The van der Waals surface area contributed by atoms with Crippen LogP contribution in [0, 0.1) is 0 Å². The molecule has 140 valence electrons. The first-order valence-electron chi connectivity index (χ1n) is 9.04. The van der Waals surface area contributed by atoms with E-state index in [0.717, 1.165) is 23.5 Å². The molecule has 2 heterocycles. The molecule has 25 heavy (non-hydrogen) atoms. The van der Waals surface area contributed by atoms with Gasteiger partial charge in [-0.15, -0.1) is 0 Å². The molecule has 2 aliphatic rings. The number of hydrogen-bond donors (Lipinski definition) is 0. The zero-order valence-corrected chi connectivity index (χ0v) is 17.4. The Morgan fingerprint density at radius 1 is 1.24 bits per heavy atom. The van der Waals surface area contributed by atoms with E-state index in [4.69, 9.17) is 23.4 Å². The van der Waals surface area contributed by atoms with Crippen molar-refractivity contribution in [1.29, 1.82) is 0 Å². The molecule has 0 amide bonds. The molecule has 0 bridgehead atoms. The van der Waals surface area contributed by atoms with Crippen LogP contribution in [0.15, 0.2) is 6.07 Å². The zero-order valence-electron chi connectivity index (χ0n) is 16.4. The molecule has 0 aliphatic carbocycles. The van der Waals surface area contributed by atoms with Crippen molar-refractivity contribution >= 4 is 8.32 Å². The van der Waals surface area contributed by atoms with Gasteiger partial charge >= 0.3 is 0 Å². The summed E-state index contributed by atoms with van der Waals surface area (Å²) in [6.45, 7) is 14.4. The smallest absolute Gasteiger partial charge is 0.250 e. The van der Waals surface area contributed by atoms with Crippen molar-refractivity contribution in [1.82, 2.24) is 0 Å². The molecule has 1 saturated heterocycles. The van der Waals surface area contributed by atoms with Gasteiger partial charge in [0.1, 0.15) is 5.75 Å². The molecule has 2 aliphatic heterocycles. The first-order chi connectivity index (χ1) is 11.7. The van der Waals surface area contributed by atoms with Crippen molar-refractivity contribution < 1.29 is 23.4 Å². The maximum absolute atomic E-state index is 6.66. The molecule has 0 radical (unpaired) electrons. The van der Waals surface area contributed by atoms with Crippen molar-refractivity contribution in [2.24, 2.45) is 0 Å². The van der Waals surface area contributed by atoms with Crippen molar-refractivity contribution in [3.8, 4) is 23.0 Å². The van der Waals surface area contributed by atoms with Gasteiger partial charge in [0.2, 0.25) is 20.4 Å². The minimum Gasteiger partial charge on any atom is -0.543 e. The van der Waals surface area contributed by atoms with Gasteiger partial charge in [0.05, 0.1) is 26.2 Å². The van der Waals surface area contributed by atoms with E-state index in [0.29, 0.717) is 24.7 Å². The van der Waals surface area contributed by atoms with E-state index in [1.807, 2.05) is 13.0 Å². The lowest BCUT2D eigenvalue weighted by Crippen LogP contribution is -2.44. The number of hydrogen-bond acceptors (Lipinski definition) is 5. The molecular weight excluding hydrogens is 336 g/mol. The number of methoxy groups -OCH3 is 1. The van der Waals surface area contributed by atoms with Crippen LogP contribution in [-0.2, 0) is 4.74 Å². The van der Waals surface area contributed by atoms with Gasteiger partial charge in [-0.05, 0) is 31.5 Å². The summed E-state index contributed by atoms with van der Waals surface area (Å²) in [5.41, 5.74) is 1.08. The van der Waals surface area contributed by atoms with Crippen molar-refractivity contribution in [2.45, 2.75) is 64.5 Å². The molecular formula is C19H30O5Si. The first kappa shape index (κ1) is 18.4. The summed E-state index contributed by atoms with van der Waals surface area (Å²) in [5, 5.41) is 0.108. The Morgan fingerprint density at radius 2 is 1.96 bits per heavy atom. The molecule has 0 saturated carbocycles. The quantitative estimate of drug-likeness (QED) is 0.707. The topological polar surface area (TPSA) is 46.2 Å². The highest BCUT2D eigenvalue weighted by molar-refractivity contribution is 6.74. The predicted molar refractivity (Wildman–Crippen MR) is 99.7 cm³/mol. The van der Waals surface area contributed by atoms with Crippen LogP contribution in [0.3, 0.4) is 0 Å². The fraction of sp³-hybridized carbons (Fsp3) is 0.684. The molecule has 0 unspecified atom stereocenters. The standard InChI is InChI=1S/C19H30O5Si/c1-8-21-16-14(20-5)11-13(24-25(6,7)19(2,3)4)15-12-9-10-22-18(12)23-17(15)16/h11-12,18H,8-10H2,1-7H3/t12-,18+/m0/s1. The van der Waals surface area contributed by atoms with E-state index >= 15 is 0 Å². The normalized spacial score (nSPS) is 22.2. The Hall–Kier alpha value is -1.40. The van der Waals surface area contributed by atoms with Crippen LogP contribution in [0.4, 0.5) is 0 Å². The van der Waals surface area contributed by atoms with E-state index in [1.54, 1.807) is 7.11 Å². The maximum Gasteiger partial charge on any atom is 0.250 e. The molecule has 3 rings (SSSR count). The molecule has 0 aromatic heterocycles. The first-order valence-corrected chi connectivity index (χ1v) is 12.0. The Balaban J connectivity index is 2.11. The van der Waals surface area contributed by atoms with E-state index in [-0.39, 0.29) is 17.2 Å². The molecule has 6 heteroatoms. The van der Waals surface area contributed by atoms with E-state index < -0.39 is 8.32 Å². The lowest BCUT2D eigenvalue weighted by atomic mass is 9.97. The predicted octanol–water partition coefficient (Wildman–Crippen LogP) is 4.70. The van der Waals surface area contributed by atoms with Crippen molar-refractivity contribution in [3.63, 3.8) is 0 Å². The van der Waals surface area contributed by atoms with Crippen LogP contribution < -0.4 is 18.6 Å². The molecule has 2 atom stereocenters. The zero-order chi connectivity index (χ0) is 18.4. The number of benzene rings is 1. The number of rotatable bonds is 5. The Labute approximate surface area is 151 Å². The number of ether oxygens (including phenoxy) is 4. The molecule has 1 fully saturated rings. The van der Waals surface area contributed by atoms with Gasteiger partial charge in [0, 0.05) is 11.6 Å². The molecule has 5 nitrogen and oxygen atoms in total. The van der Waals surface area contributed by atoms with Crippen molar-refractivity contribution in [2.75, 3.05) is 20.3 Å². The third-order valence-corrected chi connectivity index (χ3v) is 9.87. The van der Waals surface area contributed by atoms with Crippen LogP contribution in [0.1, 0.15) is 45.6 Å². The number of fused-ring (bicyclic) bond motifs is 3. The average Bonchev–Trinajstić information content (AvgIpc) is 3.08. The van der Waals surface area contributed by atoms with Gasteiger partial charge in [-0.2, -0.15) is 0 Å². The van der Waals surface area contributed by atoms with Crippen LogP contribution in [0.5, 0.6) is 23.0 Å². The van der Waals surface area contributed by atoms with Crippen LogP contribution in [0.2, 0.25) is 18.1 Å². The minimum absolute atomic E-state index is 0.108. The van der Waals surface area contributed by atoms with Crippen molar-refractivity contribution in [3.05, 3.63) is 11.6 Å². The fourth-order valence-electron chi connectivity index (χ4n) is 3.10. The Morgan fingerprint density at radius 3 is 2.56 bits per heavy atom. The molecule has 0 spiro atoms. The second-order valence-corrected chi connectivity index (χ2v) is 12.9. The van der Waals surface area contributed by atoms with E-state index in [2.05, 4.69) is 33.9 Å². The average molecular weight is 367 g/mol. The summed E-state index contributed by atoms with van der Waals surface area (Å²) in [6.07, 6.45) is 0.687. The summed E-state index contributed by atoms with van der Waals surface area (Å²) in [6, 6.07) is 1.97. The highest BCUT2D eigenvalue weighted by Gasteiger charge is 2.46. The summed E-state index contributed by atoms with van der Waals surface area (Å²) < 4.78 is 29.9. The van der Waals surface area contributed by atoms with Gasteiger partial charge in [-0.3, -0.25) is 0 Å². The second-order valence-electron chi connectivity index (χ2n) is 8.20. The second kappa shape index (κ2) is 6.40. The lowest BCUT2D eigenvalue weighted by Gasteiger charge is -2.37. The highest BCUT2D eigenvalue weighted by atomic mass is 28.4. The van der Waals surface area contributed by atoms with Gasteiger partial charge < -0.3 is 23.4 Å². The van der Waals surface area contributed by atoms with Crippen LogP contribution in [-0.4, -0.2) is 34.9 Å². The summed E-state index contributed by atoms with van der Waals surface area (Å²) in [5.74, 6) is 3.08. The largest absolute Gasteiger partial charge is 0.543 e. The highest BCUT2D eigenvalue weighted by Crippen LogP contribution is 2.57. The van der Waals surface area contributed by atoms with Crippen LogP contribution in [0.25, 0.3) is 0 Å². The van der Waals surface area contributed by atoms with E-state index in [9.17, 15) is 0 Å². The van der Waals surface area contributed by atoms with Gasteiger partial charge in [-0.25, -0.2) is 0 Å². The lowest BCUT2D eigenvalue weighted by molar-refractivity contribution is -0.0350. The van der Waals surface area contributed by atoms with Crippen LogP contribution >= 0.6 is 0 Å². The molecule has 1 aromatic rings. The Kier molecular flexibility index (Phi) is 4.70. The van der Waals surface area contributed by atoms with Gasteiger partial charge in [-0.1, -0.05) is 20.8 Å². The van der Waals surface area contributed by atoms with E-state index in [1.165, 1.54) is 0 Å². The third-order valence-electron chi connectivity index (χ3n) is 5.53. The maximum atomic E-state index is 6.66. The summed E-state index contributed by atoms with van der Waals surface area (Å²) in [4.78, 5) is 0. The van der Waals surface area contributed by atoms with Gasteiger partial charge in [0.15, 0.2) is 11.5 Å². The SMILES string of the molecule is CCOc1c(OC)cc(O[Si](C)(C)C(C)(C)C)c2c1O[C@H]1OCC[C@@H]21. The molecule has 1 aromatic carbocycles. The minimum atomic E-state index is -2.00. The summed E-state index contributed by atoms with van der Waals surface area (Å²) >= 11 is 0. The summed E-state index contributed by atoms with van der Waals surface area (Å²) in [7, 11) is -0.351. The monoisotopic (exact) mass is 366 g/mol. The fourth-order valence-corrected chi connectivity index (χ4v) is 4.12. The van der Waals surface area contributed by atoms with Gasteiger partial charge in [0.25, 0.3) is 0 Å². The Bertz CT molecular complexity index is 650.